The highest BCUT2D eigenvalue weighted by molar-refractivity contribution is 14.1. The molecule has 142 valence electrons. The summed E-state index contributed by atoms with van der Waals surface area (Å²) in [6.07, 6.45) is 3.04. The van der Waals surface area contributed by atoms with Crippen molar-refractivity contribution in [1.82, 2.24) is 19.5 Å². The molecule has 0 saturated heterocycles. The number of anilines is 1. The molecule has 0 atom stereocenters. The van der Waals surface area contributed by atoms with Crippen molar-refractivity contribution in [3.05, 3.63) is 38.7 Å². The lowest BCUT2D eigenvalue weighted by Crippen LogP contribution is -2.02. The van der Waals surface area contributed by atoms with E-state index in [1.54, 1.807) is 18.9 Å². The van der Waals surface area contributed by atoms with Gasteiger partial charge in [-0.25, -0.2) is 4.98 Å². The number of aromatic nitrogens is 4. The topological polar surface area (TPSA) is 78.8 Å². The standard InChI is InChI=1S/C18H19ClIN5OS/c1-10(2)5-4-8-25-16-14(15(21)23-17(19)24-16)22-18(25)27-13-9-11(26-3)6-7-12(13)20/h5-7,9H,4,8H2,1-3H3,(H2,21,23,24). The second-order valence-corrected chi connectivity index (χ2v) is 8.57. The Kier molecular flexibility index (Phi) is 6.48. The lowest BCUT2D eigenvalue weighted by Gasteiger charge is -2.09. The van der Waals surface area contributed by atoms with E-state index in [9.17, 15) is 0 Å². The van der Waals surface area contributed by atoms with Crippen LogP contribution in [-0.2, 0) is 6.54 Å². The van der Waals surface area contributed by atoms with Crippen LogP contribution in [0.4, 0.5) is 5.82 Å². The predicted octanol–water partition coefficient (Wildman–Crippen LogP) is 5.18. The van der Waals surface area contributed by atoms with Gasteiger partial charge in [0.25, 0.3) is 0 Å². The Bertz CT molecular complexity index is 1020. The fourth-order valence-corrected chi connectivity index (χ4v) is 4.32. The third-order valence-corrected chi connectivity index (χ3v) is 6.33. The molecule has 0 saturated carbocycles. The second-order valence-electron chi connectivity index (χ2n) is 6.06. The van der Waals surface area contributed by atoms with Crippen LogP contribution in [0.5, 0.6) is 5.75 Å². The van der Waals surface area contributed by atoms with E-state index in [1.807, 2.05) is 22.8 Å². The molecule has 2 aromatic heterocycles. The number of nitrogens with zero attached hydrogens (tertiary/aromatic N) is 4. The maximum Gasteiger partial charge on any atom is 0.226 e. The van der Waals surface area contributed by atoms with Gasteiger partial charge in [0, 0.05) is 15.0 Å². The summed E-state index contributed by atoms with van der Waals surface area (Å²) in [4.78, 5) is 14.1. The van der Waals surface area contributed by atoms with Crippen molar-refractivity contribution in [2.75, 3.05) is 12.8 Å². The van der Waals surface area contributed by atoms with Gasteiger partial charge in [0.05, 0.1) is 7.11 Å². The molecule has 0 spiro atoms. The molecule has 6 nitrogen and oxygen atoms in total. The van der Waals surface area contributed by atoms with Gasteiger partial charge in [0.1, 0.15) is 5.75 Å². The molecule has 2 heterocycles. The molecular formula is C18H19ClIN5OS. The summed E-state index contributed by atoms with van der Waals surface area (Å²) in [6, 6.07) is 5.95. The molecule has 1 aromatic carbocycles. The molecule has 0 aliphatic heterocycles. The van der Waals surface area contributed by atoms with Crippen LogP contribution in [0.2, 0.25) is 5.28 Å². The zero-order valence-corrected chi connectivity index (χ0v) is 18.9. The van der Waals surface area contributed by atoms with Crippen molar-refractivity contribution in [3.63, 3.8) is 0 Å². The molecule has 9 heteroatoms. The van der Waals surface area contributed by atoms with Gasteiger partial charge in [-0.05, 0) is 72.7 Å². The smallest absolute Gasteiger partial charge is 0.226 e. The van der Waals surface area contributed by atoms with Crippen molar-refractivity contribution in [2.45, 2.75) is 36.9 Å². The number of nitrogens with two attached hydrogens (primary N) is 1. The van der Waals surface area contributed by atoms with Crippen molar-refractivity contribution < 1.29 is 4.74 Å². The number of halogens is 2. The largest absolute Gasteiger partial charge is 0.497 e. The first-order chi connectivity index (χ1) is 12.9. The third-order valence-electron chi connectivity index (χ3n) is 3.80. The SMILES string of the molecule is COc1ccc(I)c(Sc2nc3c(N)nc(Cl)nc3n2CCC=C(C)C)c1. The van der Waals surface area contributed by atoms with E-state index in [2.05, 4.69) is 52.5 Å². The van der Waals surface area contributed by atoms with Crippen LogP contribution in [0.15, 0.2) is 39.9 Å². The van der Waals surface area contributed by atoms with Crippen LogP contribution in [0.3, 0.4) is 0 Å². The number of ether oxygens (including phenoxy) is 1. The van der Waals surface area contributed by atoms with Crippen molar-refractivity contribution in [1.29, 1.82) is 0 Å². The first-order valence-corrected chi connectivity index (χ1v) is 10.5. The van der Waals surface area contributed by atoms with E-state index in [1.165, 1.54) is 5.57 Å². The Labute approximate surface area is 180 Å². The van der Waals surface area contributed by atoms with Crippen LogP contribution < -0.4 is 10.5 Å². The van der Waals surface area contributed by atoms with Crippen LogP contribution in [0.1, 0.15) is 20.3 Å². The van der Waals surface area contributed by atoms with Gasteiger partial charge in [0.15, 0.2) is 22.1 Å². The van der Waals surface area contributed by atoms with Crippen molar-refractivity contribution in [3.8, 4) is 5.75 Å². The molecule has 0 fully saturated rings. The summed E-state index contributed by atoms with van der Waals surface area (Å²) in [7, 11) is 1.66. The number of hydrogen-bond acceptors (Lipinski definition) is 6. The van der Waals surface area contributed by atoms with Gasteiger partial charge in [-0.15, -0.1) is 0 Å². The second kappa shape index (κ2) is 8.66. The maximum atomic E-state index is 6.03. The van der Waals surface area contributed by atoms with E-state index < -0.39 is 0 Å². The molecule has 0 unspecified atom stereocenters. The van der Waals surface area contributed by atoms with Crippen molar-refractivity contribution in [2.24, 2.45) is 0 Å². The first-order valence-electron chi connectivity index (χ1n) is 8.23. The number of imidazole rings is 1. The third kappa shape index (κ3) is 4.67. The Morgan fingerprint density at radius 3 is 2.81 bits per heavy atom. The quantitative estimate of drug-likeness (QED) is 0.277. The Hall–Kier alpha value is -1.52. The van der Waals surface area contributed by atoms with E-state index in [4.69, 9.17) is 27.1 Å². The minimum atomic E-state index is 0.121. The Morgan fingerprint density at radius 2 is 2.11 bits per heavy atom. The molecule has 0 aliphatic carbocycles. The van der Waals surface area contributed by atoms with Gasteiger partial charge in [-0.1, -0.05) is 23.4 Å². The van der Waals surface area contributed by atoms with Crippen LogP contribution in [0, 0.1) is 3.57 Å². The highest BCUT2D eigenvalue weighted by atomic mass is 127. The maximum absolute atomic E-state index is 6.03. The van der Waals surface area contributed by atoms with Crippen LogP contribution in [-0.4, -0.2) is 26.6 Å². The normalized spacial score (nSPS) is 11.0. The monoisotopic (exact) mass is 515 g/mol. The van der Waals surface area contributed by atoms with E-state index in [0.717, 1.165) is 32.3 Å². The fraction of sp³-hybridized carbons (Fsp3) is 0.278. The molecule has 0 bridgehead atoms. The zero-order valence-electron chi connectivity index (χ0n) is 15.2. The summed E-state index contributed by atoms with van der Waals surface area (Å²) in [6.45, 7) is 4.88. The van der Waals surface area contributed by atoms with Gasteiger partial charge >= 0.3 is 0 Å². The molecule has 0 amide bonds. The number of allylic oxidation sites excluding steroid dienone is 2. The van der Waals surface area contributed by atoms with Gasteiger partial charge in [0.2, 0.25) is 5.28 Å². The lowest BCUT2D eigenvalue weighted by atomic mass is 10.3. The van der Waals surface area contributed by atoms with Gasteiger partial charge in [-0.2, -0.15) is 9.97 Å². The minimum absolute atomic E-state index is 0.121. The highest BCUT2D eigenvalue weighted by Gasteiger charge is 2.18. The molecule has 2 N–H and O–H groups in total. The number of hydrogen-bond donors (Lipinski definition) is 1. The molecule has 0 radical (unpaired) electrons. The molecule has 27 heavy (non-hydrogen) atoms. The fourth-order valence-electron chi connectivity index (χ4n) is 2.52. The van der Waals surface area contributed by atoms with Crippen LogP contribution >= 0.6 is 46.0 Å². The molecule has 3 aromatic rings. The van der Waals surface area contributed by atoms with Gasteiger partial charge < -0.3 is 15.0 Å². The summed E-state index contributed by atoms with van der Waals surface area (Å²) < 4.78 is 8.50. The van der Waals surface area contributed by atoms with E-state index in [0.29, 0.717) is 11.2 Å². The zero-order chi connectivity index (χ0) is 19.6. The average molecular weight is 516 g/mol. The average Bonchev–Trinajstić information content (AvgIpc) is 2.94. The van der Waals surface area contributed by atoms with E-state index in [-0.39, 0.29) is 11.1 Å². The minimum Gasteiger partial charge on any atom is -0.497 e. The first kappa shape index (κ1) is 20.2. The number of aryl methyl sites for hydroxylation is 1. The Balaban J connectivity index is 2.08. The van der Waals surface area contributed by atoms with Crippen LogP contribution in [0.25, 0.3) is 11.2 Å². The van der Waals surface area contributed by atoms with Gasteiger partial charge in [-0.3, -0.25) is 0 Å². The summed E-state index contributed by atoms with van der Waals surface area (Å²) in [5, 5.41) is 0.914. The predicted molar refractivity (Wildman–Crippen MR) is 119 cm³/mol. The molecule has 0 aliphatic rings. The van der Waals surface area contributed by atoms with E-state index >= 15 is 0 Å². The van der Waals surface area contributed by atoms with Crippen molar-refractivity contribution >= 4 is 62.9 Å². The lowest BCUT2D eigenvalue weighted by molar-refractivity contribution is 0.413. The number of nitrogen functional groups attached to an aromatic ring is 1. The highest BCUT2D eigenvalue weighted by Crippen LogP contribution is 2.36. The number of rotatable bonds is 6. The summed E-state index contributed by atoms with van der Waals surface area (Å²) in [5.74, 6) is 1.08. The molecular weight excluding hydrogens is 497 g/mol. The molecule has 3 rings (SSSR count). The number of benzene rings is 1. The number of fused-ring (bicyclic) bond motifs is 1. The Morgan fingerprint density at radius 1 is 1.33 bits per heavy atom. The number of methoxy groups -OCH3 is 1. The summed E-state index contributed by atoms with van der Waals surface area (Å²) in [5.41, 5.74) is 8.51. The summed E-state index contributed by atoms with van der Waals surface area (Å²) >= 11 is 9.88.